The van der Waals surface area contributed by atoms with Crippen molar-refractivity contribution in [3.05, 3.63) is 71.7 Å². The van der Waals surface area contributed by atoms with Crippen LogP contribution >= 0.6 is 11.8 Å². The molecule has 2 unspecified atom stereocenters. The van der Waals surface area contributed by atoms with Crippen molar-refractivity contribution in [1.29, 1.82) is 0 Å². The number of carbonyl (C=O) groups is 6. The molecule has 2 aromatic rings. The van der Waals surface area contributed by atoms with Gasteiger partial charge in [0.1, 0.15) is 30.1 Å². The quantitative estimate of drug-likeness (QED) is 0.273. The summed E-state index contributed by atoms with van der Waals surface area (Å²) in [5, 5.41) is 4.01. The van der Waals surface area contributed by atoms with E-state index in [0.29, 0.717) is 4.90 Å². The molecule has 0 saturated carbocycles. The normalized spacial score (nSPS) is 25.2. The average molecular weight is 599 g/mol. The Hall–Kier alpha value is -4.39. The van der Waals surface area contributed by atoms with E-state index in [2.05, 4.69) is 10.6 Å². The highest BCUT2D eigenvalue weighted by atomic mass is 32.2. The van der Waals surface area contributed by atoms with Crippen molar-refractivity contribution < 1.29 is 40.4 Å². The number of amides is 6. The zero-order valence-electron chi connectivity index (χ0n) is 27.9. The second-order valence-electron chi connectivity index (χ2n) is 10.4. The van der Waals surface area contributed by atoms with E-state index < -0.39 is 99.7 Å². The number of piperazine rings is 1. The van der Waals surface area contributed by atoms with E-state index in [1.54, 1.807) is 38.1 Å². The van der Waals surface area contributed by atoms with Crippen molar-refractivity contribution in [3.8, 4) is 0 Å². The summed E-state index contributed by atoms with van der Waals surface area (Å²) in [6.07, 6.45) is 0. The monoisotopic (exact) mass is 598 g/mol. The molecule has 6 amide bonds. The van der Waals surface area contributed by atoms with Gasteiger partial charge in [0, 0.05) is 24.9 Å². The van der Waals surface area contributed by atoms with E-state index in [1.807, 2.05) is 6.07 Å². The van der Waals surface area contributed by atoms with E-state index in [0.717, 1.165) is 10.5 Å². The second kappa shape index (κ2) is 11.5. The molecule has 3 heterocycles. The Kier molecular flexibility index (Phi) is 6.34. The summed E-state index contributed by atoms with van der Waals surface area (Å²) < 4.78 is 45.5. The van der Waals surface area contributed by atoms with E-state index in [4.69, 9.17) is 11.6 Å². The number of hydrogen-bond donors (Lipinski definition) is 2. The second-order valence-corrected chi connectivity index (χ2v) is 12.2. The fraction of sp³-hybridized carbons (Fsp3) is 0.379. The van der Waals surface area contributed by atoms with Gasteiger partial charge in [-0.15, -0.1) is 11.8 Å². The number of fused-ring (bicyclic) bond motifs is 1. The largest absolute Gasteiger partial charge is 0.459 e. The summed E-state index contributed by atoms with van der Waals surface area (Å²) in [5.41, 5.74) is 0.143. The number of benzene rings is 2. The molecule has 0 spiro atoms. The van der Waals surface area contributed by atoms with Crippen LogP contribution < -0.4 is 10.6 Å². The Labute approximate surface area is 253 Å². The van der Waals surface area contributed by atoms with Crippen molar-refractivity contribution in [1.82, 2.24) is 25.3 Å². The van der Waals surface area contributed by atoms with Crippen molar-refractivity contribution in [3.63, 3.8) is 0 Å². The van der Waals surface area contributed by atoms with Gasteiger partial charge in [-0.05, 0) is 25.0 Å². The maximum absolute atomic E-state index is 13.8. The maximum atomic E-state index is 13.8. The van der Waals surface area contributed by atoms with Crippen LogP contribution in [0, 0.1) is 0 Å². The topological polar surface area (TPSA) is 145 Å². The maximum Gasteiger partial charge on any atom is 0.330 e. The molecule has 220 valence electrons. The van der Waals surface area contributed by atoms with Gasteiger partial charge in [-0.2, -0.15) is 0 Å². The summed E-state index contributed by atoms with van der Waals surface area (Å²) in [7, 11) is 1.37. The number of nitrogens with zero attached hydrogens (tertiary/aromatic N) is 3. The summed E-state index contributed by atoms with van der Waals surface area (Å²) in [6, 6.07) is -0.317. The number of imide groups is 1. The molecule has 0 radical (unpaired) electrons. The molecular weight excluding hydrogens is 562 g/mol. The molecule has 2 aromatic carbocycles. The number of ether oxygens (including phenoxy) is 1. The van der Waals surface area contributed by atoms with Crippen LogP contribution in [0.2, 0.25) is 0 Å². The van der Waals surface area contributed by atoms with E-state index >= 15 is 0 Å². The first-order chi connectivity index (χ1) is 22.1. The number of carbonyl (C=O) groups excluding carboxylic acids is 6. The molecule has 3 aliphatic heterocycles. The minimum atomic E-state index is -1.98. The van der Waals surface area contributed by atoms with Crippen LogP contribution in [0.1, 0.15) is 37.9 Å². The van der Waals surface area contributed by atoms with Gasteiger partial charge in [-0.3, -0.25) is 24.1 Å². The third-order valence-corrected chi connectivity index (χ3v) is 8.77. The molecule has 3 aliphatic rings. The highest BCUT2D eigenvalue weighted by Crippen LogP contribution is 2.51. The molecule has 3 saturated heterocycles. The zero-order valence-corrected chi connectivity index (χ0v) is 23.7. The lowest BCUT2D eigenvalue weighted by molar-refractivity contribution is -0.165. The fourth-order valence-corrected chi connectivity index (χ4v) is 6.59. The number of nitrogens with one attached hydrogen (secondary N) is 2. The van der Waals surface area contributed by atoms with Gasteiger partial charge < -0.3 is 25.2 Å². The smallest absolute Gasteiger partial charge is 0.330 e. The van der Waals surface area contributed by atoms with Crippen LogP contribution in [0.5, 0.6) is 0 Å². The highest BCUT2D eigenvalue weighted by Gasteiger charge is 2.64. The molecule has 0 aliphatic carbocycles. The number of β-lactam (4-membered cyclic amide) rings is 1. The molecule has 0 bridgehead atoms. The van der Waals surface area contributed by atoms with Crippen LogP contribution in [0.15, 0.2) is 60.5 Å². The van der Waals surface area contributed by atoms with Gasteiger partial charge in [0.05, 0.1) is 6.85 Å². The van der Waals surface area contributed by atoms with Gasteiger partial charge in [0.15, 0.2) is 0 Å². The fourth-order valence-electron chi connectivity index (χ4n) is 4.97. The predicted octanol–water partition coefficient (Wildman–Crippen LogP) is 1.03. The van der Waals surface area contributed by atoms with Crippen LogP contribution in [-0.2, 0) is 35.3 Å². The number of likely N-dealkylation sites (N-methyl/N-ethyl adjacent to an activating group) is 1. The van der Waals surface area contributed by atoms with Crippen molar-refractivity contribution in [2.75, 3.05) is 20.1 Å². The van der Waals surface area contributed by atoms with Crippen LogP contribution in [0.25, 0.3) is 0 Å². The number of rotatable bonds is 7. The number of hydrogen-bond acceptors (Lipinski definition) is 8. The Morgan fingerprint density at radius 3 is 2.45 bits per heavy atom. The van der Waals surface area contributed by atoms with Crippen molar-refractivity contribution in [2.24, 2.45) is 0 Å². The van der Waals surface area contributed by atoms with Gasteiger partial charge >= 0.3 is 23.8 Å². The minimum absolute atomic E-state index is 0.000426. The summed E-state index contributed by atoms with van der Waals surface area (Å²) in [5.74, 6) is -4.54. The molecular formula is C29H31N5O7S. The lowest BCUT2D eigenvalue weighted by Crippen LogP contribution is -2.71. The van der Waals surface area contributed by atoms with Gasteiger partial charge in [-0.1, -0.05) is 60.5 Å². The van der Waals surface area contributed by atoms with Gasteiger partial charge in [0.2, 0.25) is 11.8 Å². The lowest BCUT2D eigenvalue weighted by Gasteiger charge is -2.44. The highest BCUT2D eigenvalue weighted by molar-refractivity contribution is 8.01. The first-order valence-corrected chi connectivity index (χ1v) is 13.9. The third-order valence-electron chi connectivity index (χ3n) is 7.20. The van der Waals surface area contributed by atoms with Crippen LogP contribution in [0.3, 0.4) is 0 Å². The van der Waals surface area contributed by atoms with Crippen molar-refractivity contribution >= 4 is 47.4 Å². The van der Waals surface area contributed by atoms with Crippen LogP contribution in [-0.4, -0.2) is 92.7 Å². The van der Waals surface area contributed by atoms with Gasteiger partial charge in [0.25, 0.3) is 0 Å². The standard InChI is InChI=1S/C29H31N5O7S/c1-29(2)21(27(39)41-16-17-10-6-4-7-11-17)34-23(36)20(26(34)42-29)30-22(35)19(18-12-8-5-9-13-18)31-28(40)33-15-14-32(3)24(37)25(33)38/h4-13,19-21,26H,14-16H2,1-3H3,(H,30,35)(H,31,40)/t19-,20-,21?,26?/m1/s1/i5D,8D,9D,12D,13D. The summed E-state index contributed by atoms with van der Waals surface area (Å²) >= 11 is 1.24. The Bertz CT molecular complexity index is 1670. The molecule has 0 aromatic heterocycles. The van der Waals surface area contributed by atoms with Gasteiger partial charge in [-0.25, -0.2) is 9.59 Å². The Morgan fingerprint density at radius 1 is 1.07 bits per heavy atom. The number of urea groups is 1. The summed E-state index contributed by atoms with van der Waals surface area (Å²) in [6.45, 7) is 3.26. The average Bonchev–Trinajstić information content (AvgIpc) is 3.30. The molecule has 3 fully saturated rings. The molecule has 42 heavy (non-hydrogen) atoms. The molecule has 5 rings (SSSR count). The minimum Gasteiger partial charge on any atom is -0.459 e. The molecule has 12 nitrogen and oxygen atoms in total. The van der Waals surface area contributed by atoms with E-state index in [1.165, 1.54) is 23.7 Å². The number of thioether (sulfide) groups is 1. The van der Waals surface area contributed by atoms with Crippen molar-refractivity contribution in [2.45, 2.75) is 48.7 Å². The number of esters is 1. The zero-order chi connectivity index (χ0) is 34.5. The van der Waals surface area contributed by atoms with Crippen LogP contribution in [0.4, 0.5) is 4.79 Å². The lowest BCUT2D eigenvalue weighted by atomic mass is 9.95. The Morgan fingerprint density at radius 2 is 1.76 bits per heavy atom. The van der Waals surface area contributed by atoms with E-state index in [9.17, 15) is 28.8 Å². The SMILES string of the molecule is [2H]c1c([2H])c([2H])c([C@@H](NC(=O)N2CCN(C)C(=O)C2=O)C(=O)N[C@@H]2C(=O)N3C2SC(C)(C)C3C(=O)OCc2ccccc2)c([2H])c1[2H]. The Balaban J connectivity index is 1.39. The van der Waals surface area contributed by atoms with E-state index in [-0.39, 0.29) is 19.7 Å². The third kappa shape index (κ3) is 5.43. The predicted molar refractivity (Wildman–Crippen MR) is 151 cm³/mol. The molecule has 13 heteroatoms. The molecule has 2 N–H and O–H groups in total. The first-order valence-electron chi connectivity index (χ1n) is 15.5. The summed E-state index contributed by atoms with van der Waals surface area (Å²) in [4.78, 5) is 81.4. The first kappa shape index (κ1) is 23.2. The molecule has 4 atom stereocenters.